The van der Waals surface area contributed by atoms with Gasteiger partial charge in [0.1, 0.15) is 5.60 Å². The first-order valence-corrected chi connectivity index (χ1v) is 5.85. The second-order valence-electron chi connectivity index (χ2n) is 3.89. The van der Waals surface area contributed by atoms with Crippen LogP contribution >= 0.6 is 0 Å². The van der Waals surface area contributed by atoms with Crippen molar-refractivity contribution in [2.75, 3.05) is 12.9 Å². The van der Waals surface area contributed by atoms with Crippen LogP contribution in [0.4, 0.5) is 0 Å². The normalized spacial score (nSPS) is 15.1. The van der Waals surface area contributed by atoms with Crippen molar-refractivity contribution in [2.45, 2.75) is 26.4 Å². The summed E-state index contributed by atoms with van der Waals surface area (Å²) in [6.07, 6.45) is 0. The quantitative estimate of drug-likeness (QED) is 0.431. The molecule has 2 unspecified atom stereocenters. The Morgan fingerprint density at radius 2 is 1.88 bits per heavy atom. The van der Waals surface area contributed by atoms with Crippen molar-refractivity contribution in [3.63, 3.8) is 0 Å². The van der Waals surface area contributed by atoms with E-state index in [4.69, 9.17) is 9.29 Å². The number of carbonyl (C=O) groups is 2. The number of esters is 2. The maximum atomic E-state index is 11.4. The summed E-state index contributed by atoms with van der Waals surface area (Å²) >= 11 is -2.07. The Labute approximate surface area is 96.6 Å². The zero-order valence-electron chi connectivity index (χ0n) is 9.68. The van der Waals surface area contributed by atoms with Crippen LogP contribution in [0, 0.1) is 5.92 Å². The molecule has 2 atom stereocenters. The Balaban J connectivity index is 4.43. The molecule has 7 heteroatoms. The smallest absolute Gasteiger partial charge is 0.320 e. The lowest BCUT2D eigenvalue weighted by atomic mass is 10.1. The van der Waals surface area contributed by atoms with E-state index in [9.17, 15) is 13.8 Å². The molecule has 0 aromatic rings. The van der Waals surface area contributed by atoms with E-state index in [1.54, 1.807) is 0 Å². The van der Waals surface area contributed by atoms with Crippen LogP contribution in [0.1, 0.15) is 20.8 Å². The van der Waals surface area contributed by atoms with Gasteiger partial charge in [-0.25, -0.2) is 4.21 Å². The van der Waals surface area contributed by atoms with Crippen LogP contribution in [0.3, 0.4) is 0 Å². The summed E-state index contributed by atoms with van der Waals surface area (Å²) in [6.45, 7) is 4.33. The van der Waals surface area contributed by atoms with Crippen molar-refractivity contribution in [3.8, 4) is 0 Å². The van der Waals surface area contributed by atoms with Crippen LogP contribution in [-0.4, -0.2) is 39.2 Å². The van der Waals surface area contributed by atoms with Crippen molar-refractivity contribution in [1.82, 2.24) is 0 Å². The molecule has 0 aromatic carbocycles. The first kappa shape index (κ1) is 15.0. The second-order valence-corrected chi connectivity index (χ2v) is 4.82. The molecule has 0 spiro atoms. The molecule has 0 aliphatic heterocycles. The topological polar surface area (TPSA) is 89.9 Å². The highest BCUT2D eigenvalue weighted by atomic mass is 32.2. The predicted molar refractivity (Wildman–Crippen MR) is 57.0 cm³/mol. The van der Waals surface area contributed by atoms with Crippen LogP contribution in [0.2, 0.25) is 0 Å². The number of methoxy groups -OCH3 is 1. The Hall–Kier alpha value is -0.950. The van der Waals surface area contributed by atoms with E-state index in [0.717, 1.165) is 0 Å². The molecule has 0 amide bonds. The molecular weight excluding hydrogens is 236 g/mol. The van der Waals surface area contributed by atoms with E-state index in [0.29, 0.717) is 0 Å². The minimum absolute atomic E-state index is 0.216. The molecule has 0 aliphatic rings. The lowest BCUT2D eigenvalue weighted by molar-refractivity contribution is -0.166. The molecule has 1 N–H and O–H groups in total. The fourth-order valence-electron chi connectivity index (χ4n) is 0.961. The third kappa shape index (κ3) is 5.22. The zero-order chi connectivity index (χ0) is 12.9. The summed E-state index contributed by atoms with van der Waals surface area (Å²) in [5.74, 6) is -2.74. The van der Waals surface area contributed by atoms with E-state index in [1.807, 2.05) is 0 Å². The van der Waals surface area contributed by atoms with Gasteiger partial charge in [0.05, 0.1) is 12.9 Å². The first-order chi connectivity index (χ1) is 7.19. The number of ether oxygens (including phenoxy) is 2. The molecule has 0 bridgehead atoms. The minimum atomic E-state index is -2.07. The van der Waals surface area contributed by atoms with Gasteiger partial charge in [-0.3, -0.25) is 9.59 Å². The highest BCUT2D eigenvalue weighted by molar-refractivity contribution is 7.79. The Morgan fingerprint density at radius 1 is 1.38 bits per heavy atom. The van der Waals surface area contributed by atoms with E-state index in [1.165, 1.54) is 27.9 Å². The lowest BCUT2D eigenvalue weighted by Crippen LogP contribution is -2.37. The average molecular weight is 252 g/mol. The van der Waals surface area contributed by atoms with Crippen LogP contribution in [-0.2, 0) is 30.1 Å². The van der Waals surface area contributed by atoms with Crippen molar-refractivity contribution < 1.29 is 27.8 Å². The van der Waals surface area contributed by atoms with Crippen molar-refractivity contribution in [1.29, 1.82) is 0 Å². The van der Waals surface area contributed by atoms with Gasteiger partial charge in [0.15, 0.2) is 17.0 Å². The van der Waals surface area contributed by atoms with Gasteiger partial charge in [0.25, 0.3) is 0 Å². The fraction of sp³-hybridized carbons (Fsp3) is 0.778. The highest BCUT2D eigenvalue weighted by Crippen LogP contribution is 2.14. The summed E-state index contributed by atoms with van der Waals surface area (Å²) in [5, 5.41) is 0. The predicted octanol–water partition coefficient (Wildman–Crippen LogP) is 0.339. The second kappa shape index (κ2) is 5.95. The van der Waals surface area contributed by atoms with E-state index < -0.39 is 34.5 Å². The average Bonchev–Trinajstić information content (AvgIpc) is 2.12. The molecule has 0 fully saturated rings. The fourth-order valence-corrected chi connectivity index (χ4v) is 1.61. The highest BCUT2D eigenvalue weighted by Gasteiger charge is 2.31. The maximum absolute atomic E-state index is 11.4. The molecule has 0 rings (SSSR count). The molecule has 0 aromatic heterocycles. The van der Waals surface area contributed by atoms with Crippen LogP contribution in [0.15, 0.2) is 0 Å². The molecule has 0 saturated carbocycles. The van der Waals surface area contributed by atoms with Gasteiger partial charge in [-0.2, -0.15) is 0 Å². The van der Waals surface area contributed by atoms with Crippen LogP contribution in [0.5, 0.6) is 0 Å². The molecule has 0 heterocycles. The number of hydrogen-bond donors (Lipinski definition) is 1. The van der Waals surface area contributed by atoms with Gasteiger partial charge in [-0.1, -0.05) is 0 Å². The lowest BCUT2D eigenvalue weighted by Gasteiger charge is -2.24. The summed E-state index contributed by atoms with van der Waals surface area (Å²) in [4.78, 5) is 22.5. The minimum Gasteiger partial charge on any atom is -0.468 e. The number of hydrogen-bond acceptors (Lipinski definition) is 5. The third-order valence-electron chi connectivity index (χ3n) is 1.76. The third-order valence-corrected chi connectivity index (χ3v) is 2.70. The maximum Gasteiger partial charge on any atom is 0.320 e. The van der Waals surface area contributed by atoms with Gasteiger partial charge in [-0.05, 0) is 20.8 Å². The summed E-state index contributed by atoms with van der Waals surface area (Å²) < 4.78 is 28.6. The molecule has 94 valence electrons. The zero-order valence-corrected chi connectivity index (χ0v) is 10.5. The molecule has 0 aliphatic carbocycles. The summed E-state index contributed by atoms with van der Waals surface area (Å²) in [5.41, 5.74) is -1.10. The van der Waals surface area contributed by atoms with Gasteiger partial charge in [0.2, 0.25) is 0 Å². The number of rotatable bonds is 5. The van der Waals surface area contributed by atoms with Crippen molar-refractivity contribution in [2.24, 2.45) is 5.92 Å². The largest absolute Gasteiger partial charge is 0.468 e. The summed E-state index contributed by atoms with van der Waals surface area (Å²) in [6, 6.07) is 0. The Bertz CT molecular complexity index is 298. The molecular formula is C9H16O6S. The van der Waals surface area contributed by atoms with Crippen LogP contribution in [0.25, 0.3) is 0 Å². The molecule has 0 radical (unpaired) electrons. The monoisotopic (exact) mass is 252 g/mol. The Morgan fingerprint density at radius 3 is 2.25 bits per heavy atom. The van der Waals surface area contributed by atoms with Gasteiger partial charge in [-0.15, -0.1) is 0 Å². The van der Waals surface area contributed by atoms with E-state index in [-0.39, 0.29) is 5.75 Å². The van der Waals surface area contributed by atoms with Crippen molar-refractivity contribution in [3.05, 3.63) is 0 Å². The molecule has 6 nitrogen and oxygen atoms in total. The summed E-state index contributed by atoms with van der Waals surface area (Å²) in [7, 11) is 1.17. The van der Waals surface area contributed by atoms with E-state index in [2.05, 4.69) is 4.74 Å². The molecule has 0 saturated heterocycles. The standard InChI is InChI=1S/C9H16O6S/c1-6(7(10)14-4)8(11)15-9(2,3)5-16(12)13/h6H,5H2,1-4H3,(H,12,13). The first-order valence-electron chi connectivity index (χ1n) is 4.58. The molecule has 16 heavy (non-hydrogen) atoms. The van der Waals surface area contributed by atoms with Gasteiger partial charge >= 0.3 is 11.9 Å². The van der Waals surface area contributed by atoms with Crippen LogP contribution < -0.4 is 0 Å². The SMILES string of the molecule is COC(=O)C(C)C(=O)OC(C)(C)CS(=O)O. The Kier molecular flexibility index (Phi) is 5.60. The number of carbonyl (C=O) groups excluding carboxylic acids is 2. The van der Waals surface area contributed by atoms with Crippen molar-refractivity contribution >= 4 is 23.0 Å². The van der Waals surface area contributed by atoms with E-state index >= 15 is 0 Å². The van der Waals surface area contributed by atoms with Gasteiger partial charge < -0.3 is 14.0 Å². The van der Waals surface area contributed by atoms with Gasteiger partial charge in [0, 0.05) is 0 Å².